The topological polar surface area (TPSA) is 50.5 Å². The van der Waals surface area contributed by atoms with Crippen LogP contribution in [0.4, 0.5) is 10.1 Å². The average molecular weight is 267 g/mol. The van der Waals surface area contributed by atoms with Gasteiger partial charge >= 0.3 is 0 Å². The summed E-state index contributed by atoms with van der Waals surface area (Å²) >= 11 is 0. The Kier molecular flexibility index (Phi) is 4.27. The summed E-state index contributed by atoms with van der Waals surface area (Å²) < 4.78 is 18.4. The summed E-state index contributed by atoms with van der Waals surface area (Å²) in [5.41, 5.74) is 6.70. The predicted molar refractivity (Wildman–Crippen MR) is 75.1 cm³/mol. The van der Waals surface area contributed by atoms with Crippen LogP contribution < -0.4 is 15.8 Å². The number of piperidine rings is 1. The van der Waals surface area contributed by atoms with Gasteiger partial charge in [0.2, 0.25) is 0 Å². The van der Waals surface area contributed by atoms with Crippen LogP contribution in [0.3, 0.4) is 0 Å². The number of hydrogen-bond acceptors (Lipinski definition) is 4. The summed E-state index contributed by atoms with van der Waals surface area (Å²) in [7, 11) is 3.58. The lowest BCUT2D eigenvalue weighted by molar-refractivity contribution is 0.209. The third-order valence-electron chi connectivity index (χ3n) is 3.90. The van der Waals surface area contributed by atoms with Crippen LogP contribution in [0.25, 0.3) is 0 Å². The number of rotatable bonds is 4. The molecule has 0 radical (unpaired) electrons. The normalized spacial score (nSPS) is 19.2. The van der Waals surface area contributed by atoms with Crippen molar-refractivity contribution < 1.29 is 9.13 Å². The van der Waals surface area contributed by atoms with Crippen LogP contribution in [0.1, 0.15) is 12.8 Å². The fourth-order valence-electron chi connectivity index (χ4n) is 2.47. The van der Waals surface area contributed by atoms with E-state index in [0.29, 0.717) is 6.54 Å². The molecule has 3 N–H and O–H groups in total. The Balaban J connectivity index is 2.14. The summed E-state index contributed by atoms with van der Waals surface area (Å²) in [5.74, 6) is -0.0941. The smallest absolute Gasteiger partial charge is 0.165 e. The molecular weight excluding hydrogens is 245 g/mol. The lowest BCUT2D eigenvalue weighted by atomic mass is 9.87. The number of halogens is 1. The lowest BCUT2D eigenvalue weighted by Crippen LogP contribution is -2.52. The first-order chi connectivity index (χ1) is 9.08. The van der Waals surface area contributed by atoms with Gasteiger partial charge < -0.3 is 20.7 Å². The van der Waals surface area contributed by atoms with E-state index in [-0.39, 0.29) is 17.1 Å². The Morgan fingerprint density at radius 1 is 1.42 bits per heavy atom. The molecule has 0 atom stereocenters. The zero-order valence-electron chi connectivity index (χ0n) is 11.6. The third kappa shape index (κ3) is 3.16. The minimum absolute atomic E-state index is 0.102. The zero-order valence-corrected chi connectivity index (χ0v) is 11.6. The van der Waals surface area contributed by atoms with Crippen LogP contribution in [-0.4, -0.2) is 44.2 Å². The van der Waals surface area contributed by atoms with E-state index in [1.165, 1.54) is 13.2 Å². The van der Waals surface area contributed by atoms with Crippen molar-refractivity contribution in [1.82, 2.24) is 4.90 Å². The van der Waals surface area contributed by atoms with Gasteiger partial charge in [-0.3, -0.25) is 0 Å². The Morgan fingerprint density at radius 3 is 2.68 bits per heavy atom. The zero-order chi connectivity index (χ0) is 13.9. The second kappa shape index (κ2) is 5.75. The van der Waals surface area contributed by atoms with E-state index < -0.39 is 0 Å². The van der Waals surface area contributed by atoms with Crippen LogP contribution in [0.5, 0.6) is 5.75 Å². The van der Waals surface area contributed by atoms with Crippen molar-refractivity contribution in [3.63, 3.8) is 0 Å². The molecule has 0 amide bonds. The first-order valence-corrected chi connectivity index (χ1v) is 6.59. The number of methoxy groups -OCH3 is 1. The number of benzene rings is 1. The molecule has 0 spiro atoms. The lowest BCUT2D eigenvalue weighted by Gasteiger charge is -2.41. The molecule has 106 valence electrons. The second-order valence-corrected chi connectivity index (χ2v) is 5.26. The Morgan fingerprint density at radius 2 is 2.11 bits per heavy atom. The van der Waals surface area contributed by atoms with E-state index in [2.05, 4.69) is 17.3 Å². The van der Waals surface area contributed by atoms with Gasteiger partial charge in [-0.05, 0) is 32.0 Å². The van der Waals surface area contributed by atoms with Crippen LogP contribution in [0.15, 0.2) is 18.2 Å². The molecule has 1 aliphatic heterocycles. The number of anilines is 1. The van der Waals surface area contributed by atoms with E-state index in [0.717, 1.165) is 31.6 Å². The number of nitrogens with zero attached hydrogens (tertiary/aromatic N) is 1. The molecule has 1 aromatic carbocycles. The molecule has 1 fully saturated rings. The standard InChI is InChI=1S/C14H22FN3O/c1-18-7-5-14(10-16,6-8-18)17-11-3-4-12(15)13(9-11)19-2/h3-4,9,17H,5-8,10,16H2,1-2H3. The fraction of sp³-hybridized carbons (Fsp3) is 0.571. The highest BCUT2D eigenvalue weighted by Crippen LogP contribution is 2.28. The van der Waals surface area contributed by atoms with E-state index in [4.69, 9.17) is 10.5 Å². The number of nitrogens with one attached hydrogen (secondary N) is 1. The van der Waals surface area contributed by atoms with Crippen molar-refractivity contribution in [2.75, 3.05) is 39.1 Å². The minimum atomic E-state index is -0.349. The maximum atomic E-state index is 13.4. The highest BCUT2D eigenvalue weighted by Gasteiger charge is 2.32. The molecule has 0 unspecified atom stereocenters. The molecule has 0 aliphatic carbocycles. The van der Waals surface area contributed by atoms with E-state index in [1.807, 2.05) is 0 Å². The number of nitrogens with two attached hydrogens (primary N) is 1. The van der Waals surface area contributed by atoms with Crippen LogP contribution in [-0.2, 0) is 0 Å². The summed E-state index contributed by atoms with van der Waals surface area (Å²) in [5, 5.41) is 3.47. The second-order valence-electron chi connectivity index (χ2n) is 5.26. The average Bonchev–Trinajstić information content (AvgIpc) is 2.44. The minimum Gasteiger partial charge on any atom is -0.494 e. The quantitative estimate of drug-likeness (QED) is 0.871. The fourth-order valence-corrected chi connectivity index (χ4v) is 2.47. The molecule has 1 aromatic rings. The maximum absolute atomic E-state index is 13.4. The SMILES string of the molecule is COc1cc(NC2(CN)CCN(C)CC2)ccc1F. The van der Waals surface area contributed by atoms with Crippen LogP contribution in [0, 0.1) is 5.82 Å². The summed E-state index contributed by atoms with van der Waals surface area (Å²) in [4.78, 5) is 2.29. The largest absolute Gasteiger partial charge is 0.494 e. The van der Waals surface area contributed by atoms with Crippen LogP contribution >= 0.6 is 0 Å². The van der Waals surface area contributed by atoms with Crippen molar-refractivity contribution >= 4 is 5.69 Å². The molecule has 5 heteroatoms. The molecule has 0 bridgehead atoms. The summed E-state index contributed by atoms with van der Waals surface area (Å²) in [6.45, 7) is 2.60. The van der Waals surface area contributed by atoms with Gasteiger partial charge in [-0.25, -0.2) is 4.39 Å². The molecular formula is C14H22FN3O. The first kappa shape index (κ1) is 14.1. The van der Waals surface area contributed by atoms with E-state index in [1.54, 1.807) is 12.1 Å². The predicted octanol–water partition coefficient (Wildman–Crippen LogP) is 1.67. The highest BCUT2D eigenvalue weighted by molar-refractivity contribution is 5.51. The van der Waals surface area contributed by atoms with Gasteiger partial charge in [-0.15, -0.1) is 0 Å². The molecule has 2 rings (SSSR count). The van der Waals surface area contributed by atoms with Crippen molar-refractivity contribution in [3.05, 3.63) is 24.0 Å². The van der Waals surface area contributed by atoms with Gasteiger partial charge in [0.25, 0.3) is 0 Å². The first-order valence-electron chi connectivity index (χ1n) is 6.59. The van der Waals surface area contributed by atoms with Crippen molar-refractivity contribution in [3.8, 4) is 5.75 Å². The highest BCUT2D eigenvalue weighted by atomic mass is 19.1. The van der Waals surface area contributed by atoms with Gasteiger partial charge in [0.1, 0.15) is 0 Å². The Bertz CT molecular complexity index is 431. The molecule has 1 aliphatic rings. The summed E-state index contributed by atoms with van der Waals surface area (Å²) in [6.07, 6.45) is 1.97. The summed E-state index contributed by atoms with van der Waals surface area (Å²) in [6, 6.07) is 4.83. The Hall–Kier alpha value is -1.33. The number of likely N-dealkylation sites (tertiary alicyclic amines) is 1. The molecule has 19 heavy (non-hydrogen) atoms. The van der Waals surface area contributed by atoms with Crippen LogP contribution in [0.2, 0.25) is 0 Å². The maximum Gasteiger partial charge on any atom is 0.165 e. The monoisotopic (exact) mass is 267 g/mol. The Labute approximate surface area is 113 Å². The van der Waals surface area contributed by atoms with Gasteiger partial charge in [-0.1, -0.05) is 0 Å². The molecule has 0 aromatic heterocycles. The molecule has 0 saturated carbocycles. The van der Waals surface area contributed by atoms with E-state index in [9.17, 15) is 4.39 Å². The molecule has 1 heterocycles. The molecule has 1 saturated heterocycles. The van der Waals surface area contributed by atoms with Gasteiger partial charge in [0, 0.05) is 31.4 Å². The van der Waals surface area contributed by atoms with E-state index >= 15 is 0 Å². The number of hydrogen-bond donors (Lipinski definition) is 2. The van der Waals surface area contributed by atoms with Gasteiger partial charge in [0.05, 0.1) is 12.6 Å². The number of ether oxygens (including phenoxy) is 1. The van der Waals surface area contributed by atoms with Gasteiger partial charge in [0.15, 0.2) is 11.6 Å². The van der Waals surface area contributed by atoms with Crippen molar-refractivity contribution in [1.29, 1.82) is 0 Å². The molecule has 4 nitrogen and oxygen atoms in total. The third-order valence-corrected chi connectivity index (χ3v) is 3.90. The van der Waals surface area contributed by atoms with Crippen molar-refractivity contribution in [2.24, 2.45) is 5.73 Å². The van der Waals surface area contributed by atoms with Gasteiger partial charge in [-0.2, -0.15) is 0 Å². The van der Waals surface area contributed by atoms with Crippen molar-refractivity contribution in [2.45, 2.75) is 18.4 Å².